The second kappa shape index (κ2) is 5.19. The molecule has 2 rings (SSSR count). The first kappa shape index (κ1) is 13.8. The topological polar surface area (TPSA) is 46.5 Å². The number of phenols is 1. The van der Waals surface area contributed by atoms with Gasteiger partial charge < -0.3 is 9.84 Å². The van der Waals surface area contributed by atoms with Crippen molar-refractivity contribution in [2.75, 3.05) is 7.11 Å². The van der Waals surface area contributed by atoms with Crippen LogP contribution in [-0.4, -0.2) is 18.2 Å². The van der Waals surface area contributed by atoms with E-state index in [0.717, 1.165) is 12.8 Å². The first-order valence-electron chi connectivity index (χ1n) is 6.53. The zero-order chi connectivity index (χ0) is 14.2. The summed E-state index contributed by atoms with van der Waals surface area (Å²) < 4.78 is 19.0. The Balaban J connectivity index is 2.40. The predicted molar refractivity (Wildman–Crippen MR) is 69.4 cm³/mol. The van der Waals surface area contributed by atoms with E-state index in [0.29, 0.717) is 17.0 Å². The average Bonchev–Trinajstić information content (AvgIpc) is 3.22. The Kier molecular flexibility index (Phi) is 3.78. The maximum atomic E-state index is 14.2. The van der Waals surface area contributed by atoms with Gasteiger partial charge in [0.1, 0.15) is 0 Å². The molecule has 0 aliphatic heterocycles. The standard InChI is InChI=1S/C15H19FO3/c1-8-4-7-11(13(16)14(8)17)12(10-5-6-10)9(2)15(18)19-3/h4,7,9-10,12,17H,5-6H2,1-3H3. The van der Waals surface area contributed by atoms with Gasteiger partial charge in [-0.2, -0.15) is 0 Å². The van der Waals surface area contributed by atoms with Crippen molar-refractivity contribution in [1.29, 1.82) is 0 Å². The number of methoxy groups -OCH3 is 1. The van der Waals surface area contributed by atoms with Crippen LogP contribution in [0.4, 0.5) is 4.39 Å². The van der Waals surface area contributed by atoms with E-state index in [-0.39, 0.29) is 17.6 Å². The van der Waals surface area contributed by atoms with Crippen LogP contribution in [0.3, 0.4) is 0 Å². The Morgan fingerprint density at radius 1 is 1.47 bits per heavy atom. The SMILES string of the molecule is COC(=O)C(C)C(c1ccc(C)c(O)c1F)C1CC1. The molecule has 104 valence electrons. The fourth-order valence-corrected chi connectivity index (χ4v) is 2.65. The summed E-state index contributed by atoms with van der Waals surface area (Å²) in [4.78, 5) is 11.7. The zero-order valence-corrected chi connectivity index (χ0v) is 11.4. The second-order valence-corrected chi connectivity index (χ2v) is 5.31. The number of aromatic hydroxyl groups is 1. The molecule has 1 saturated carbocycles. The highest BCUT2D eigenvalue weighted by Crippen LogP contribution is 2.48. The van der Waals surface area contributed by atoms with Gasteiger partial charge in [0.25, 0.3) is 0 Å². The minimum atomic E-state index is -0.604. The molecule has 1 aliphatic rings. The molecule has 0 radical (unpaired) electrons. The van der Waals surface area contributed by atoms with Crippen LogP contribution in [-0.2, 0) is 9.53 Å². The Hall–Kier alpha value is -1.58. The molecule has 1 fully saturated rings. The summed E-state index contributed by atoms with van der Waals surface area (Å²) in [6.07, 6.45) is 1.97. The maximum absolute atomic E-state index is 14.2. The van der Waals surface area contributed by atoms with Gasteiger partial charge in [0, 0.05) is 5.92 Å². The van der Waals surface area contributed by atoms with Crippen molar-refractivity contribution in [1.82, 2.24) is 0 Å². The third-order valence-corrected chi connectivity index (χ3v) is 3.95. The van der Waals surface area contributed by atoms with E-state index >= 15 is 0 Å². The van der Waals surface area contributed by atoms with Crippen LogP contribution in [0.1, 0.15) is 36.8 Å². The molecule has 1 aromatic rings. The van der Waals surface area contributed by atoms with Crippen molar-refractivity contribution >= 4 is 5.97 Å². The highest BCUT2D eigenvalue weighted by atomic mass is 19.1. The van der Waals surface area contributed by atoms with Crippen molar-refractivity contribution in [2.45, 2.75) is 32.6 Å². The molecule has 0 saturated heterocycles. The van der Waals surface area contributed by atoms with Crippen LogP contribution >= 0.6 is 0 Å². The fourth-order valence-electron chi connectivity index (χ4n) is 2.65. The molecule has 0 bridgehead atoms. The number of ether oxygens (including phenoxy) is 1. The minimum Gasteiger partial charge on any atom is -0.505 e. The van der Waals surface area contributed by atoms with Gasteiger partial charge in [-0.05, 0) is 36.8 Å². The molecule has 0 amide bonds. The third-order valence-electron chi connectivity index (χ3n) is 3.95. The predicted octanol–water partition coefficient (Wildman–Crippen LogP) is 3.14. The van der Waals surface area contributed by atoms with Crippen molar-refractivity contribution in [3.63, 3.8) is 0 Å². The van der Waals surface area contributed by atoms with Crippen molar-refractivity contribution < 1.29 is 19.0 Å². The second-order valence-electron chi connectivity index (χ2n) is 5.31. The van der Waals surface area contributed by atoms with E-state index in [2.05, 4.69) is 0 Å². The monoisotopic (exact) mass is 266 g/mol. The van der Waals surface area contributed by atoms with Gasteiger partial charge in [-0.15, -0.1) is 0 Å². The van der Waals surface area contributed by atoms with Gasteiger partial charge in [-0.25, -0.2) is 4.39 Å². The molecule has 19 heavy (non-hydrogen) atoms. The number of phenolic OH excluding ortho intramolecular Hbond substituents is 1. The molecule has 0 spiro atoms. The van der Waals surface area contributed by atoms with Crippen LogP contribution < -0.4 is 0 Å². The number of halogens is 1. The molecular formula is C15H19FO3. The number of hydrogen-bond acceptors (Lipinski definition) is 3. The lowest BCUT2D eigenvalue weighted by atomic mass is 9.82. The largest absolute Gasteiger partial charge is 0.505 e. The van der Waals surface area contributed by atoms with Crippen molar-refractivity contribution in [2.24, 2.45) is 11.8 Å². The smallest absolute Gasteiger partial charge is 0.309 e. The highest BCUT2D eigenvalue weighted by Gasteiger charge is 2.40. The van der Waals surface area contributed by atoms with Gasteiger partial charge in [0.05, 0.1) is 13.0 Å². The molecule has 1 N–H and O–H groups in total. The molecule has 2 atom stereocenters. The number of benzene rings is 1. The minimum absolute atomic E-state index is 0.223. The highest BCUT2D eigenvalue weighted by molar-refractivity contribution is 5.73. The summed E-state index contributed by atoms with van der Waals surface area (Å²) in [5.74, 6) is -1.59. The zero-order valence-electron chi connectivity index (χ0n) is 11.4. The van der Waals surface area contributed by atoms with Gasteiger partial charge in [0.2, 0.25) is 0 Å². The van der Waals surface area contributed by atoms with E-state index in [1.165, 1.54) is 7.11 Å². The van der Waals surface area contributed by atoms with Gasteiger partial charge in [0.15, 0.2) is 11.6 Å². The normalized spacial score (nSPS) is 17.9. The summed E-state index contributed by atoms with van der Waals surface area (Å²) in [5.41, 5.74) is 0.921. The van der Waals surface area contributed by atoms with E-state index in [1.54, 1.807) is 26.0 Å². The van der Waals surface area contributed by atoms with E-state index in [9.17, 15) is 14.3 Å². The molecular weight excluding hydrogens is 247 g/mol. The summed E-state index contributed by atoms with van der Waals surface area (Å²) in [6, 6.07) is 3.36. The number of esters is 1. The van der Waals surface area contributed by atoms with Crippen LogP contribution in [0.2, 0.25) is 0 Å². The van der Waals surface area contributed by atoms with Gasteiger partial charge in [-0.1, -0.05) is 19.1 Å². The van der Waals surface area contributed by atoms with Crippen LogP contribution in [0.15, 0.2) is 12.1 Å². The van der Waals surface area contributed by atoms with E-state index in [4.69, 9.17) is 4.74 Å². The summed E-state index contributed by atoms with van der Waals surface area (Å²) in [6.45, 7) is 3.41. The van der Waals surface area contributed by atoms with Crippen molar-refractivity contribution in [3.8, 4) is 5.75 Å². The maximum Gasteiger partial charge on any atom is 0.309 e. The summed E-state index contributed by atoms with van der Waals surface area (Å²) >= 11 is 0. The molecule has 0 heterocycles. The van der Waals surface area contributed by atoms with Gasteiger partial charge in [-0.3, -0.25) is 4.79 Å². The first-order valence-corrected chi connectivity index (χ1v) is 6.53. The number of rotatable bonds is 4. The number of carbonyl (C=O) groups is 1. The van der Waals surface area contributed by atoms with E-state index in [1.807, 2.05) is 0 Å². The van der Waals surface area contributed by atoms with Crippen molar-refractivity contribution in [3.05, 3.63) is 29.1 Å². The third kappa shape index (κ3) is 2.57. The van der Waals surface area contributed by atoms with Gasteiger partial charge >= 0.3 is 5.97 Å². The summed E-state index contributed by atoms with van der Waals surface area (Å²) in [5, 5.41) is 9.72. The number of carbonyl (C=O) groups excluding carboxylic acids is 1. The quantitative estimate of drug-likeness (QED) is 0.852. The van der Waals surface area contributed by atoms with Crippen LogP contribution in [0, 0.1) is 24.6 Å². The van der Waals surface area contributed by atoms with Crippen LogP contribution in [0.25, 0.3) is 0 Å². The van der Waals surface area contributed by atoms with E-state index < -0.39 is 11.7 Å². The van der Waals surface area contributed by atoms with Crippen LogP contribution in [0.5, 0.6) is 5.75 Å². The lowest BCUT2D eigenvalue weighted by Crippen LogP contribution is -2.23. The number of aryl methyl sites for hydroxylation is 1. The first-order chi connectivity index (χ1) is 8.97. The fraction of sp³-hybridized carbons (Fsp3) is 0.533. The molecule has 1 aliphatic carbocycles. The summed E-state index contributed by atoms with van der Waals surface area (Å²) in [7, 11) is 1.34. The Bertz CT molecular complexity index is 494. The number of hydrogen-bond donors (Lipinski definition) is 1. The average molecular weight is 266 g/mol. The Morgan fingerprint density at radius 2 is 2.11 bits per heavy atom. The molecule has 0 aromatic heterocycles. The molecule has 1 aromatic carbocycles. The molecule has 2 unspecified atom stereocenters. The Morgan fingerprint density at radius 3 is 2.63 bits per heavy atom. The molecule has 3 nitrogen and oxygen atoms in total. The molecule has 4 heteroatoms. The lowest BCUT2D eigenvalue weighted by molar-refractivity contribution is -0.145. The Labute approximate surface area is 112 Å². The lowest BCUT2D eigenvalue weighted by Gasteiger charge is -2.23.